The smallest absolute Gasteiger partial charge is 0.501 e. The van der Waals surface area contributed by atoms with E-state index in [4.69, 9.17) is 19.4 Å². The van der Waals surface area contributed by atoms with Gasteiger partial charge in [-0.2, -0.15) is 0 Å². The molecule has 0 unspecified atom stereocenters. The van der Waals surface area contributed by atoms with Crippen molar-refractivity contribution in [1.82, 2.24) is 33.5 Å². The molecule has 10 aromatic carbocycles. The second-order valence-electron chi connectivity index (χ2n) is 22.7. The zero-order valence-corrected chi connectivity index (χ0v) is 50.9. The van der Waals surface area contributed by atoms with E-state index in [9.17, 15) is 0 Å². The van der Waals surface area contributed by atoms with Crippen molar-refractivity contribution in [3.05, 3.63) is 284 Å². The summed E-state index contributed by atoms with van der Waals surface area (Å²) in [6.07, 6.45) is 9.38. The number of para-hydroxylation sites is 3. The van der Waals surface area contributed by atoms with E-state index in [2.05, 4.69) is 234 Å². The minimum absolute atomic E-state index is 0. The molecule has 420 valence electrons. The molecule has 6 heterocycles. The van der Waals surface area contributed by atoms with Crippen molar-refractivity contribution in [1.29, 1.82) is 0 Å². The van der Waals surface area contributed by atoms with E-state index in [0.29, 0.717) is 11.8 Å². The van der Waals surface area contributed by atoms with Gasteiger partial charge in [-0.05, 0) is 134 Å². The van der Waals surface area contributed by atoms with Crippen LogP contribution in [-0.4, -0.2) is 33.5 Å². The normalized spacial score (nSPS) is 11.7. The summed E-state index contributed by atoms with van der Waals surface area (Å²) in [5.41, 5.74) is 20.3. The van der Waals surface area contributed by atoms with E-state index in [0.717, 1.165) is 113 Å². The summed E-state index contributed by atoms with van der Waals surface area (Å²) in [6.45, 7) is 9.00. The molecule has 0 radical (unpaired) electrons. The monoisotopic (exact) mass is 1300 g/mol. The molecule has 0 saturated carbocycles. The summed E-state index contributed by atoms with van der Waals surface area (Å²) in [4.78, 5) is 19.4. The van der Waals surface area contributed by atoms with Gasteiger partial charge >= 0.3 is 20.1 Å². The van der Waals surface area contributed by atoms with Crippen molar-refractivity contribution in [2.45, 2.75) is 52.4 Å². The molecule has 16 aromatic rings. The van der Waals surface area contributed by atoms with Gasteiger partial charge in [-0.3, -0.25) is 14.0 Å². The minimum atomic E-state index is 0. The van der Waals surface area contributed by atoms with Crippen LogP contribution in [0, 0.1) is 18.2 Å². The molecule has 0 amide bonds. The van der Waals surface area contributed by atoms with Gasteiger partial charge in [0.05, 0.1) is 33.5 Å². The first-order chi connectivity index (χ1) is 42.3. The first kappa shape index (κ1) is 54.9. The summed E-state index contributed by atoms with van der Waals surface area (Å²) in [6, 6.07) is 86.5. The number of fused-ring (bicyclic) bond motifs is 11. The van der Waals surface area contributed by atoms with Crippen molar-refractivity contribution in [3.8, 4) is 56.4 Å². The SMILES string of the molecule is CC(C)c1cccc(C(C)C)c1-n1ccnc1-c1[c-]ccc2c1oc1cc3c(ccc4ccccc43)cc12.[Ir+3].[c-]1ccc(-c2cccc3nc4n(-c5ccccc5)c5ccc(CCc6cccnc6-c6[c-]cccc6)cc5n4c23)cc1-c1ccccn1. The fourth-order valence-electron chi connectivity index (χ4n) is 12.6. The number of aromatic nitrogens is 7. The second-order valence-corrected chi connectivity index (χ2v) is 22.7. The van der Waals surface area contributed by atoms with Gasteiger partial charge in [0.15, 0.2) is 0 Å². The van der Waals surface area contributed by atoms with Crippen LogP contribution >= 0.6 is 0 Å². The zero-order chi connectivity index (χ0) is 57.8. The Morgan fingerprint density at radius 1 is 0.529 bits per heavy atom. The van der Waals surface area contributed by atoms with Gasteiger partial charge in [0, 0.05) is 41.5 Å². The van der Waals surface area contributed by atoms with Gasteiger partial charge in [0.2, 0.25) is 5.78 Å². The van der Waals surface area contributed by atoms with Gasteiger partial charge in [-0.1, -0.05) is 159 Å². The van der Waals surface area contributed by atoms with Crippen LogP contribution in [0.5, 0.6) is 0 Å². The topological polar surface area (TPSA) is 79.0 Å². The standard InChI is InChI=1S/C43H29N5.C35H29N2O.Ir/c1-3-12-31(13-4-1)41-32(16-11-27-45-41)24-22-30-23-25-39-40(28-30)48-42-36(33-14-9-15-34(29-33)37-20-7-8-26-44-37)19-10-21-38(42)46-43(48)47(39)35-17-5-2-6-18-35;1-21(2)25-11-7-12-26(22(3)4)33(25)37-18-17-36-35(37)29-14-8-13-28-31-19-24-16-15-23-9-5-6-10-27(23)30(24)20-32(31)38-34(28)29;/h1-12,14,16-21,23,25-29H,22,24H2;5-13,15-22H,1-4H3;/q-2;-1;+3. The molecular weight excluding hydrogens is 1240 g/mol. The molecular formula is C78H58IrN7O. The molecule has 8 nitrogen and oxygen atoms in total. The van der Waals surface area contributed by atoms with Crippen LogP contribution < -0.4 is 0 Å². The Hall–Kier alpha value is -10.1. The van der Waals surface area contributed by atoms with Crippen LogP contribution in [-0.2, 0) is 32.9 Å². The zero-order valence-electron chi connectivity index (χ0n) is 48.5. The Balaban J connectivity index is 0.000000156. The van der Waals surface area contributed by atoms with Gasteiger partial charge in [-0.15, -0.1) is 83.9 Å². The largest absolute Gasteiger partial charge is 3.00 e. The average Bonchev–Trinajstić information content (AvgIpc) is 1.60. The number of aryl methyl sites for hydroxylation is 2. The van der Waals surface area contributed by atoms with Crippen LogP contribution in [0.2, 0.25) is 0 Å². The quantitative estimate of drug-likeness (QED) is 0.0952. The molecule has 0 N–H and O–H groups in total. The van der Waals surface area contributed by atoms with Crippen LogP contribution in [0.4, 0.5) is 0 Å². The molecule has 87 heavy (non-hydrogen) atoms. The maximum atomic E-state index is 6.63. The fourth-order valence-corrected chi connectivity index (χ4v) is 12.6. The number of furan rings is 1. The van der Waals surface area contributed by atoms with Crippen molar-refractivity contribution in [3.63, 3.8) is 0 Å². The molecule has 0 fully saturated rings. The third-order valence-electron chi connectivity index (χ3n) is 16.7. The Morgan fingerprint density at radius 2 is 1.31 bits per heavy atom. The molecule has 0 aliphatic heterocycles. The van der Waals surface area contributed by atoms with E-state index >= 15 is 0 Å². The van der Waals surface area contributed by atoms with Gasteiger partial charge < -0.3 is 19.0 Å². The first-order valence-electron chi connectivity index (χ1n) is 29.5. The molecule has 6 aromatic heterocycles. The molecule has 0 atom stereocenters. The molecule has 16 rings (SSSR count). The Kier molecular flexibility index (Phi) is 14.6. The molecule has 0 aliphatic rings. The van der Waals surface area contributed by atoms with Crippen LogP contribution in [0.25, 0.3) is 128 Å². The molecule has 0 spiro atoms. The van der Waals surface area contributed by atoms with Gasteiger partial charge in [0.1, 0.15) is 5.58 Å². The van der Waals surface area contributed by atoms with E-state index < -0.39 is 0 Å². The first-order valence-corrected chi connectivity index (χ1v) is 29.5. The molecule has 0 aliphatic carbocycles. The predicted octanol–water partition coefficient (Wildman–Crippen LogP) is 19.4. The summed E-state index contributed by atoms with van der Waals surface area (Å²) in [7, 11) is 0. The minimum Gasteiger partial charge on any atom is -0.501 e. The fraction of sp³-hybridized carbons (Fsp3) is 0.103. The van der Waals surface area contributed by atoms with Crippen molar-refractivity contribution < 1.29 is 24.5 Å². The van der Waals surface area contributed by atoms with Crippen molar-refractivity contribution >= 4 is 71.3 Å². The number of rotatable bonds is 11. The molecule has 9 heteroatoms. The number of pyridine rings is 2. The van der Waals surface area contributed by atoms with Gasteiger partial charge in [0.25, 0.3) is 0 Å². The molecule has 0 saturated heterocycles. The van der Waals surface area contributed by atoms with Gasteiger partial charge in [-0.25, -0.2) is 4.98 Å². The maximum Gasteiger partial charge on any atom is 3.00 e. The van der Waals surface area contributed by atoms with E-state index in [1.165, 1.54) is 49.5 Å². The van der Waals surface area contributed by atoms with Crippen molar-refractivity contribution in [2.24, 2.45) is 0 Å². The summed E-state index contributed by atoms with van der Waals surface area (Å²) in [5, 5.41) is 7.08. The number of nitrogens with zero attached hydrogens (tertiary/aromatic N) is 7. The summed E-state index contributed by atoms with van der Waals surface area (Å²) >= 11 is 0. The second kappa shape index (κ2) is 23.1. The van der Waals surface area contributed by atoms with Crippen molar-refractivity contribution in [2.75, 3.05) is 0 Å². The van der Waals surface area contributed by atoms with E-state index in [-0.39, 0.29) is 20.1 Å². The number of benzene rings is 10. The number of hydrogen-bond acceptors (Lipinski definition) is 5. The van der Waals surface area contributed by atoms with Crippen LogP contribution in [0.1, 0.15) is 61.8 Å². The molecule has 0 bridgehead atoms. The van der Waals surface area contributed by atoms with E-state index in [1.54, 1.807) is 0 Å². The Labute approximate surface area is 518 Å². The Morgan fingerprint density at radius 3 is 2.14 bits per heavy atom. The average molecular weight is 1300 g/mol. The van der Waals surface area contributed by atoms with E-state index in [1.807, 2.05) is 73.2 Å². The summed E-state index contributed by atoms with van der Waals surface area (Å²) in [5.74, 6) is 2.50. The maximum absolute atomic E-state index is 6.63. The predicted molar refractivity (Wildman–Crippen MR) is 351 cm³/mol. The Bertz CT molecular complexity index is 5170. The number of hydrogen-bond donors (Lipinski definition) is 0. The number of imidazole rings is 3. The third kappa shape index (κ3) is 9.89. The summed E-state index contributed by atoms with van der Waals surface area (Å²) < 4.78 is 13.5. The van der Waals surface area contributed by atoms with Crippen LogP contribution in [0.3, 0.4) is 0 Å². The van der Waals surface area contributed by atoms with Crippen LogP contribution in [0.15, 0.2) is 248 Å². The third-order valence-corrected chi connectivity index (χ3v) is 16.7.